The molecule has 2 amide bonds. The van der Waals surface area contributed by atoms with Crippen molar-refractivity contribution >= 4 is 29.8 Å². The molecule has 0 unspecified atom stereocenters. The summed E-state index contributed by atoms with van der Waals surface area (Å²) in [5, 5.41) is 13.5. The van der Waals surface area contributed by atoms with Gasteiger partial charge < -0.3 is 34.3 Å². The van der Waals surface area contributed by atoms with Crippen LogP contribution in [0.4, 0.5) is 13.2 Å². The van der Waals surface area contributed by atoms with Crippen LogP contribution in [0.2, 0.25) is 0 Å². The van der Waals surface area contributed by atoms with Gasteiger partial charge >= 0.3 is 18.1 Å². The molecule has 2 N–H and O–H groups in total. The molecule has 0 spiro atoms. The van der Waals surface area contributed by atoms with E-state index in [0.717, 1.165) is 44.6 Å². The summed E-state index contributed by atoms with van der Waals surface area (Å²) in [6.07, 6.45) is 2.35. The van der Waals surface area contributed by atoms with E-state index in [9.17, 15) is 32.7 Å². The zero-order valence-corrected chi connectivity index (χ0v) is 31.4. The maximum Gasteiger partial charge on any atom is 0.422 e. The second kappa shape index (κ2) is 17.3. The molecule has 16 heteroatoms. The van der Waals surface area contributed by atoms with Crippen molar-refractivity contribution in [2.75, 3.05) is 26.3 Å². The SMILES string of the molecule is CCCCCC1(CCCCC)O[C@@H]2[C@H](O1)[C@H]1ON(Cc3cccc(C=CC(=O)OCC(F)(F)F)c3)[C@@H]3C(=O)O[C@@H]2C[C@]13C(=O)N1CCC[C@@H]1C(=O)NCCO. The Morgan fingerprint density at radius 1 is 1.07 bits per heavy atom. The first-order valence-electron chi connectivity index (χ1n) is 19.5. The van der Waals surface area contributed by atoms with Crippen molar-refractivity contribution in [3.63, 3.8) is 0 Å². The molecule has 2 bridgehead atoms. The quantitative estimate of drug-likeness (QED) is 0.132. The topological polar surface area (TPSA) is 153 Å². The fraction of sp³-hybridized carbons (Fsp3) is 0.692. The number of benzene rings is 1. The Labute approximate surface area is 318 Å². The molecule has 7 atom stereocenters. The normalized spacial score (nSPS) is 29.7. The summed E-state index contributed by atoms with van der Waals surface area (Å²) in [7, 11) is 0. The van der Waals surface area contributed by atoms with E-state index >= 15 is 4.79 Å². The lowest BCUT2D eigenvalue weighted by Crippen LogP contribution is -2.70. The highest BCUT2D eigenvalue weighted by Gasteiger charge is 2.77. The van der Waals surface area contributed by atoms with Gasteiger partial charge in [0.25, 0.3) is 0 Å². The van der Waals surface area contributed by atoms with Gasteiger partial charge in [-0.3, -0.25) is 19.2 Å². The number of esters is 2. The van der Waals surface area contributed by atoms with Crippen molar-refractivity contribution in [1.29, 1.82) is 0 Å². The van der Waals surface area contributed by atoms with Gasteiger partial charge in [-0.05, 0) is 42.9 Å². The molecule has 0 radical (unpaired) electrons. The van der Waals surface area contributed by atoms with Gasteiger partial charge in [0.2, 0.25) is 11.8 Å². The van der Waals surface area contributed by atoms with Gasteiger partial charge in [0.1, 0.15) is 35.9 Å². The lowest BCUT2D eigenvalue weighted by Gasteiger charge is -2.50. The Bertz CT molecular complexity index is 1580. The van der Waals surface area contributed by atoms with Crippen LogP contribution in [0.5, 0.6) is 0 Å². The Morgan fingerprint density at radius 2 is 1.80 bits per heavy atom. The molecule has 1 aliphatic carbocycles. The molecule has 1 aromatic rings. The van der Waals surface area contributed by atoms with E-state index in [1.165, 1.54) is 16.0 Å². The van der Waals surface area contributed by atoms with Gasteiger partial charge in [-0.1, -0.05) is 63.8 Å². The second-order valence-corrected chi connectivity index (χ2v) is 15.2. The van der Waals surface area contributed by atoms with Crippen molar-refractivity contribution in [3.8, 4) is 0 Å². The van der Waals surface area contributed by atoms with Crippen LogP contribution in [-0.4, -0.2) is 114 Å². The Balaban J connectivity index is 1.33. The molecule has 13 nitrogen and oxygen atoms in total. The van der Waals surface area contributed by atoms with E-state index in [4.69, 9.17) is 19.0 Å². The number of nitrogens with one attached hydrogen (secondary N) is 1. The molecular weight excluding hydrogens is 727 g/mol. The number of ether oxygens (including phenoxy) is 4. The number of amides is 2. The molecule has 6 rings (SSSR count). The minimum absolute atomic E-state index is 0.00698. The number of nitrogens with zero attached hydrogens (tertiary/aromatic N) is 2. The minimum atomic E-state index is -4.65. The number of unbranched alkanes of at least 4 members (excludes halogenated alkanes) is 4. The highest BCUT2D eigenvalue weighted by Crippen LogP contribution is 2.59. The van der Waals surface area contributed by atoms with Gasteiger partial charge in [-0.15, -0.1) is 0 Å². The molecule has 1 aromatic carbocycles. The summed E-state index contributed by atoms with van der Waals surface area (Å²) >= 11 is 0. The van der Waals surface area contributed by atoms with E-state index in [0.29, 0.717) is 43.4 Å². The Kier molecular flexibility index (Phi) is 12.9. The van der Waals surface area contributed by atoms with E-state index in [1.807, 2.05) is 0 Å². The number of carbonyl (C=O) groups is 4. The third-order valence-electron chi connectivity index (χ3n) is 11.3. The molecular formula is C39H52F3N3O10. The summed E-state index contributed by atoms with van der Waals surface area (Å²) in [6, 6.07) is 4.75. The molecule has 1 saturated carbocycles. The van der Waals surface area contributed by atoms with Gasteiger partial charge in [-0.2, -0.15) is 18.2 Å². The lowest BCUT2D eigenvalue weighted by molar-refractivity contribution is -0.225. The highest BCUT2D eigenvalue weighted by atomic mass is 19.4. The van der Waals surface area contributed by atoms with Crippen LogP contribution >= 0.6 is 0 Å². The monoisotopic (exact) mass is 779 g/mol. The Hall–Kier alpha value is -3.57. The second-order valence-electron chi connectivity index (χ2n) is 15.2. The number of likely N-dealkylation sites (tertiary alicyclic amines) is 1. The van der Waals surface area contributed by atoms with Crippen molar-refractivity contribution in [3.05, 3.63) is 41.5 Å². The number of hydrogen-bond donors (Lipinski definition) is 2. The van der Waals surface area contributed by atoms with Crippen LogP contribution in [0.3, 0.4) is 0 Å². The summed E-state index contributed by atoms with van der Waals surface area (Å²) in [5.41, 5.74) is -0.411. The smallest absolute Gasteiger partial charge is 0.422 e. The van der Waals surface area contributed by atoms with E-state index in [-0.39, 0.29) is 32.0 Å². The number of carbonyl (C=O) groups excluding carboxylic acids is 4. The number of alkyl halides is 3. The average molecular weight is 780 g/mol. The number of hydroxylamine groups is 2. The first-order valence-corrected chi connectivity index (χ1v) is 19.5. The highest BCUT2D eigenvalue weighted by molar-refractivity contribution is 5.96. The fourth-order valence-corrected chi connectivity index (χ4v) is 8.86. The number of aliphatic hydroxyl groups is 1. The Morgan fingerprint density at radius 3 is 2.49 bits per heavy atom. The number of fused-ring (bicyclic) bond motifs is 4. The molecule has 4 aliphatic heterocycles. The van der Waals surface area contributed by atoms with Gasteiger partial charge in [0.05, 0.1) is 13.2 Å². The standard InChI is InChI=1S/C39H52F3N3O10/c1-3-5-7-16-37(17-8-6-4-2)53-30-28-22-38(36(50)44-19-10-13-27(44)34(48)43-18-20-46)32(35(49)52-28)45(55-33(38)31(30)54-37)23-26-12-9-11-25(21-26)14-15-29(47)51-24-39(40,41)42/h9,11-12,14-15,21,27-28,30-33,46H,3-8,10,13,16-20,22-24H2,1-2H3,(H,43,48)/t27-,28-,30+,31+,32-,33-,38-/m1/s1. The molecule has 55 heavy (non-hydrogen) atoms. The number of rotatable bonds is 17. The third kappa shape index (κ3) is 8.73. The van der Waals surface area contributed by atoms with E-state index in [1.54, 1.807) is 24.3 Å². The summed E-state index contributed by atoms with van der Waals surface area (Å²) in [6.45, 7) is 2.60. The molecule has 4 heterocycles. The number of aliphatic hydroxyl groups excluding tert-OH is 1. The van der Waals surface area contributed by atoms with Crippen molar-refractivity contribution in [2.45, 2.75) is 139 Å². The largest absolute Gasteiger partial charge is 0.458 e. The maximum absolute atomic E-state index is 15.2. The van der Waals surface area contributed by atoms with Gasteiger partial charge in [0, 0.05) is 38.4 Å². The van der Waals surface area contributed by atoms with E-state index < -0.39 is 78.3 Å². The molecule has 5 fully saturated rings. The zero-order valence-electron chi connectivity index (χ0n) is 31.4. The first-order chi connectivity index (χ1) is 26.3. The van der Waals surface area contributed by atoms with Crippen LogP contribution in [0.15, 0.2) is 30.3 Å². The van der Waals surface area contributed by atoms with E-state index in [2.05, 4.69) is 23.9 Å². The van der Waals surface area contributed by atoms with Crippen LogP contribution in [0, 0.1) is 5.41 Å². The number of hydrogen-bond acceptors (Lipinski definition) is 11. The molecule has 4 saturated heterocycles. The van der Waals surface area contributed by atoms with Gasteiger partial charge in [0.15, 0.2) is 18.4 Å². The van der Waals surface area contributed by atoms with Crippen molar-refractivity contribution < 1.29 is 61.2 Å². The fourth-order valence-electron chi connectivity index (χ4n) is 8.86. The van der Waals surface area contributed by atoms with Gasteiger partial charge in [-0.25, -0.2) is 4.79 Å². The van der Waals surface area contributed by atoms with Crippen LogP contribution in [-0.2, 0) is 49.5 Å². The summed E-state index contributed by atoms with van der Waals surface area (Å²) in [5.74, 6) is -3.56. The molecule has 5 aliphatic rings. The van der Waals surface area contributed by atoms with Crippen molar-refractivity contribution in [2.24, 2.45) is 5.41 Å². The van der Waals surface area contributed by atoms with Crippen LogP contribution in [0.1, 0.15) is 95.6 Å². The summed E-state index contributed by atoms with van der Waals surface area (Å²) < 4.78 is 61.7. The van der Waals surface area contributed by atoms with Crippen molar-refractivity contribution in [1.82, 2.24) is 15.3 Å². The average Bonchev–Trinajstić information content (AvgIpc) is 3.88. The van der Waals surface area contributed by atoms with Crippen LogP contribution in [0.25, 0.3) is 6.08 Å². The van der Waals surface area contributed by atoms with Crippen LogP contribution < -0.4 is 5.32 Å². The number of halogens is 3. The summed E-state index contributed by atoms with van der Waals surface area (Å²) in [4.78, 5) is 62.9. The lowest BCUT2D eigenvalue weighted by atomic mass is 9.62. The predicted molar refractivity (Wildman–Crippen MR) is 189 cm³/mol. The maximum atomic E-state index is 15.2. The first kappa shape index (κ1) is 41.1. The molecule has 304 valence electrons. The molecule has 0 aromatic heterocycles. The zero-order chi connectivity index (χ0) is 39.4. The predicted octanol–water partition coefficient (Wildman–Crippen LogP) is 4.35. The third-order valence-corrected chi connectivity index (χ3v) is 11.3. The minimum Gasteiger partial charge on any atom is -0.458 e.